The second-order valence-corrected chi connectivity index (χ2v) is 5.11. The zero-order valence-electron chi connectivity index (χ0n) is 12.2. The van der Waals surface area contributed by atoms with Gasteiger partial charge in [-0.15, -0.1) is 0 Å². The molecule has 0 aliphatic carbocycles. The lowest BCUT2D eigenvalue weighted by Gasteiger charge is -2.30. The van der Waals surface area contributed by atoms with Crippen molar-refractivity contribution in [3.63, 3.8) is 0 Å². The van der Waals surface area contributed by atoms with Gasteiger partial charge in [0.2, 0.25) is 0 Å². The molecule has 1 rings (SSSR count). The minimum atomic E-state index is 0.603. The van der Waals surface area contributed by atoms with Crippen molar-refractivity contribution in [1.82, 2.24) is 15.2 Å². The Morgan fingerprint density at radius 1 is 1.28 bits per heavy atom. The fourth-order valence-corrected chi connectivity index (χ4v) is 2.04. The molecule has 1 aromatic heterocycles. The van der Waals surface area contributed by atoms with Crippen LogP contribution in [0.2, 0.25) is 0 Å². The van der Waals surface area contributed by atoms with Gasteiger partial charge in [-0.2, -0.15) is 0 Å². The first kappa shape index (κ1) is 15.1. The minimum Gasteiger partial charge on any atom is -0.317 e. The van der Waals surface area contributed by atoms with Crippen LogP contribution in [0.4, 0.5) is 0 Å². The number of aromatic nitrogens is 1. The molecule has 0 aliphatic rings. The van der Waals surface area contributed by atoms with Gasteiger partial charge in [-0.25, -0.2) is 0 Å². The third-order valence-electron chi connectivity index (χ3n) is 3.74. The van der Waals surface area contributed by atoms with Crippen LogP contribution in [0.15, 0.2) is 24.5 Å². The minimum absolute atomic E-state index is 0.603. The van der Waals surface area contributed by atoms with E-state index in [1.54, 1.807) is 0 Å². The van der Waals surface area contributed by atoms with Crippen LogP contribution >= 0.6 is 0 Å². The number of hydrogen-bond donors (Lipinski definition) is 1. The van der Waals surface area contributed by atoms with E-state index >= 15 is 0 Å². The van der Waals surface area contributed by atoms with Crippen molar-refractivity contribution in [2.24, 2.45) is 5.92 Å². The molecule has 0 fully saturated rings. The summed E-state index contributed by atoms with van der Waals surface area (Å²) in [6.45, 7) is 10.0. The van der Waals surface area contributed by atoms with E-state index in [0.717, 1.165) is 26.1 Å². The van der Waals surface area contributed by atoms with Crippen molar-refractivity contribution in [3.8, 4) is 0 Å². The van der Waals surface area contributed by atoms with E-state index in [1.165, 1.54) is 5.56 Å². The topological polar surface area (TPSA) is 28.2 Å². The van der Waals surface area contributed by atoms with Crippen LogP contribution in [-0.2, 0) is 6.42 Å². The Morgan fingerprint density at radius 3 is 2.56 bits per heavy atom. The standard InChI is InChI=1S/C15H27N3/c1-5-16-12-13(2)14(3)18(4)11-8-15-6-9-17-10-7-15/h6-7,9-10,13-14,16H,5,8,11-12H2,1-4H3. The summed E-state index contributed by atoms with van der Waals surface area (Å²) in [6.07, 6.45) is 4.83. The van der Waals surface area contributed by atoms with E-state index in [-0.39, 0.29) is 0 Å². The van der Waals surface area contributed by atoms with Gasteiger partial charge in [0.15, 0.2) is 0 Å². The van der Waals surface area contributed by atoms with E-state index in [0.29, 0.717) is 12.0 Å². The number of nitrogens with one attached hydrogen (secondary N) is 1. The first-order valence-electron chi connectivity index (χ1n) is 6.95. The first-order valence-corrected chi connectivity index (χ1v) is 6.95. The summed E-state index contributed by atoms with van der Waals surface area (Å²) < 4.78 is 0. The fraction of sp³-hybridized carbons (Fsp3) is 0.667. The number of likely N-dealkylation sites (N-methyl/N-ethyl adjacent to an activating group) is 1. The van der Waals surface area contributed by atoms with Gasteiger partial charge < -0.3 is 10.2 Å². The number of hydrogen-bond acceptors (Lipinski definition) is 3. The molecule has 2 atom stereocenters. The number of rotatable bonds is 8. The molecule has 0 aliphatic heterocycles. The Bertz CT molecular complexity index is 313. The van der Waals surface area contributed by atoms with Gasteiger partial charge in [0.1, 0.15) is 0 Å². The Hall–Kier alpha value is -0.930. The van der Waals surface area contributed by atoms with E-state index in [9.17, 15) is 0 Å². The molecule has 3 nitrogen and oxygen atoms in total. The van der Waals surface area contributed by atoms with Gasteiger partial charge in [0, 0.05) is 25.0 Å². The summed E-state index contributed by atoms with van der Waals surface area (Å²) >= 11 is 0. The summed E-state index contributed by atoms with van der Waals surface area (Å²) in [5.41, 5.74) is 1.36. The van der Waals surface area contributed by atoms with Gasteiger partial charge in [-0.05, 0) is 57.1 Å². The molecule has 0 radical (unpaired) electrons. The van der Waals surface area contributed by atoms with Crippen molar-refractivity contribution >= 4 is 0 Å². The van der Waals surface area contributed by atoms with E-state index in [4.69, 9.17) is 0 Å². The fourth-order valence-electron chi connectivity index (χ4n) is 2.04. The predicted molar refractivity (Wildman–Crippen MR) is 77.7 cm³/mol. The molecule has 18 heavy (non-hydrogen) atoms. The SMILES string of the molecule is CCNCC(C)C(C)N(C)CCc1ccncc1. The van der Waals surface area contributed by atoms with Gasteiger partial charge >= 0.3 is 0 Å². The van der Waals surface area contributed by atoms with Crippen molar-refractivity contribution in [2.75, 3.05) is 26.7 Å². The van der Waals surface area contributed by atoms with Gasteiger partial charge in [-0.3, -0.25) is 4.98 Å². The van der Waals surface area contributed by atoms with Crippen LogP contribution in [0.5, 0.6) is 0 Å². The van der Waals surface area contributed by atoms with E-state index in [1.807, 2.05) is 12.4 Å². The normalized spacial score (nSPS) is 14.7. The molecule has 0 spiro atoms. The molecule has 0 saturated heterocycles. The highest BCUT2D eigenvalue weighted by atomic mass is 15.1. The molecule has 2 unspecified atom stereocenters. The van der Waals surface area contributed by atoms with Crippen LogP contribution in [-0.4, -0.2) is 42.6 Å². The summed E-state index contributed by atoms with van der Waals surface area (Å²) in [6, 6.07) is 4.80. The molecule has 3 heteroatoms. The molecule has 0 amide bonds. The maximum absolute atomic E-state index is 4.05. The van der Waals surface area contributed by atoms with E-state index < -0.39 is 0 Å². The molecule has 1 N–H and O–H groups in total. The highest BCUT2D eigenvalue weighted by molar-refractivity contribution is 5.09. The summed E-state index contributed by atoms with van der Waals surface area (Å²) in [4.78, 5) is 6.49. The molecule has 0 bridgehead atoms. The second kappa shape index (κ2) is 8.22. The smallest absolute Gasteiger partial charge is 0.0270 e. The van der Waals surface area contributed by atoms with Crippen LogP contribution in [0, 0.1) is 5.92 Å². The number of nitrogens with zero attached hydrogens (tertiary/aromatic N) is 2. The highest BCUT2D eigenvalue weighted by Gasteiger charge is 2.16. The van der Waals surface area contributed by atoms with Gasteiger partial charge in [0.25, 0.3) is 0 Å². The zero-order chi connectivity index (χ0) is 13.4. The maximum Gasteiger partial charge on any atom is 0.0270 e. The Balaban J connectivity index is 2.33. The first-order chi connectivity index (χ1) is 8.65. The lowest BCUT2D eigenvalue weighted by atomic mass is 10.0. The Kier molecular flexibility index (Phi) is 6.91. The van der Waals surface area contributed by atoms with Gasteiger partial charge in [0.05, 0.1) is 0 Å². The molecule has 102 valence electrons. The largest absolute Gasteiger partial charge is 0.317 e. The predicted octanol–water partition coefficient (Wildman–Crippen LogP) is 2.19. The molecule has 1 heterocycles. The molecular weight excluding hydrogens is 222 g/mol. The summed E-state index contributed by atoms with van der Waals surface area (Å²) in [5, 5.41) is 3.42. The molecular formula is C15H27N3. The molecule has 0 aromatic carbocycles. The Morgan fingerprint density at radius 2 is 1.94 bits per heavy atom. The highest BCUT2D eigenvalue weighted by Crippen LogP contribution is 2.09. The quantitative estimate of drug-likeness (QED) is 0.765. The monoisotopic (exact) mass is 249 g/mol. The third kappa shape index (κ3) is 5.15. The number of pyridine rings is 1. The van der Waals surface area contributed by atoms with Crippen molar-refractivity contribution < 1.29 is 0 Å². The van der Waals surface area contributed by atoms with Gasteiger partial charge in [-0.1, -0.05) is 13.8 Å². The maximum atomic E-state index is 4.05. The second-order valence-electron chi connectivity index (χ2n) is 5.11. The summed E-state index contributed by atoms with van der Waals surface area (Å²) in [5.74, 6) is 0.674. The lowest BCUT2D eigenvalue weighted by molar-refractivity contribution is 0.198. The van der Waals surface area contributed by atoms with Crippen LogP contribution in [0.3, 0.4) is 0 Å². The van der Waals surface area contributed by atoms with Crippen molar-refractivity contribution in [2.45, 2.75) is 33.2 Å². The van der Waals surface area contributed by atoms with E-state index in [2.05, 4.69) is 55.2 Å². The van der Waals surface area contributed by atoms with Crippen molar-refractivity contribution in [3.05, 3.63) is 30.1 Å². The van der Waals surface area contributed by atoms with Crippen LogP contribution < -0.4 is 5.32 Å². The molecule has 1 aromatic rings. The third-order valence-corrected chi connectivity index (χ3v) is 3.74. The summed E-state index contributed by atoms with van der Waals surface area (Å²) in [7, 11) is 2.22. The van der Waals surface area contributed by atoms with Crippen LogP contribution in [0.1, 0.15) is 26.3 Å². The Labute approximate surface area is 112 Å². The van der Waals surface area contributed by atoms with Crippen LogP contribution in [0.25, 0.3) is 0 Å². The average Bonchev–Trinajstić information content (AvgIpc) is 2.42. The average molecular weight is 249 g/mol. The lowest BCUT2D eigenvalue weighted by Crippen LogP contribution is -2.39. The zero-order valence-corrected chi connectivity index (χ0v) is 12.2. The molecule has 0 saturated carbocycles. The van der Waals surface area contributed by atoms with Crippen molar-refractivity contribution in [1.29, 1.82) is 0 Å².